The minimum Gasteiger partial charge on any atom is -0.384 e. The van der Waals surface area contributed by atoms with Crippen molar-refractivity contribution < 1.29 is 9.90 Å². The number of rotatable bonds is 2. The highest BCUT2D eigenvalue weighted by Gasteiger charge is 2.19. The highest BCUT2D eigenvalue weighted by Crippen LogP contribution is 2.09. The van der Waals surface area contributed by atoms with Gasteiger partial charge in [-0.3, -0.25) is 9.78 Å². The van der Waals surface area contributed by atoms with Crippen molar-refractivity contribution in [3.05, 3.63) is 29.6 Å². The van der Waals surface area contributed by atoms with E-state index in [1.807, 2.05) is 0 Å². The monoisotopic (exact) mass is 273 g/mol. The summed E-state index contributed by atoms with van der Waals surface area (Å²) in [6.45, 7) is 1.81. The highest BCUT2D eigenvalue weighted by molar-refractivity contribution is 5.94. The number of hydrogen-bond donors (Lipinski definition) is 2. The predicted octanol–water partition coefficient (Wildman–Crippen LogP) is 0.249. The molecule has 5 nitrogen and oxygen atoms in total. The summed E-state index contributed by atoms with van der Waals surface area (Å²) in [5, 5.41) is 11.7. The number of carbonyl (C=O) groups excluding carboxylic acids is 1. The Morgan fingerprint density at radius 3 is 2.95 bits per heavy atom. The van der Waals surface area contributed by atoms with Gasteiger partial charge in [0.25, 0.3) is 5.91 Å². The van der Waals surface area contributed by atoms with Crippen LogP contribution in [0.1, 0.15) is 28.8 Å². The number of nitrogens with one attached hydrogen (secondary N) is 1. The topological polar surface area (TPSA) is 65.5 Å². The fraction of sp³-hybridized carbons (Fsp3) is 0.467. The standard InChI is InChI=1S/C15H19N3O2/c1-18-6-4-14(5-7-18)17-15(20)13-9-12(3-2-8-19)10-16-11-13/h9-11,14,19H,4-8H2,1H3,(H,17,20). The highest BCUT2D eigenvalue weighted by atomic mass is 16.2. The van der Waals surface area contributed by atoms with E-state index in [-0.39, 0.29) is 18.6 Å². The second-order valence-corrected chi connectivity index (χ2v) is 4.97. The number of piperidine rings is 1. The molecule has 2 heterocycles. The molecule has 0 atom stereocenters. The number of aromatic nitrogens is 1. The van der Waals surface area contributed by atoms with Gasteiger partial charge in [-0.05, 0) is 39.0 Å². The van der Waals surface area contributed by atoms with E-state index >= 15 is 0 Å². The van der Waals surface area contributed by atoms with Crippen molar-refractivity contribution in [2.75, 3.05) is 26.7 Å². The van der Waals surface area contributed by atoms with E-state index in [1.165, 1.54) is 6.20 Å². The van der Waals surface area contributed by atoms with E-state index in [2.05, 4.69) is 34.1 Å². The zero-order valence-electron chi connectivity index (χ0n) is 11.6. The lowest BCUT2D eigenvalue weighted by atomic mass is 10.0. The average molecular weight is 273 g/mol. The summed E-state index contributed by atoms with van der Waals surface area (Å²) >= 11 is 0. The molecule has 1 aliphatic heterocycles. The van der Waals surface area contributed by atoms with Crippen molar-refractivity contribution >= 4 is 5.91 Å². The lowest BCUT2D eigenvalue weighted by Gasteiger charge is -2.29. The van der Waals surface area contributed by atoms with Gasteiger partial charge in [-0.25, -0.2) is 0 Å². The third-order valence-electron chi connectivity index (χ3n) is 3.37. The largest absolute Gasteiger partial charge is 0.384 e. The molecule has 0 bridgehead atoms. The number of pyridine rings is 1. The summed E-state index contributed by atoms with van der Waals surface area (Å²) < 4.78 is 0. The summed E-state index contributed by atoms with van der Waals surface area (Å²) in [4.78, 5) is 18.4. The Kier molecular flexibility index (Phi) is 5.10. The minimum absolute atomic E-state index is 0.111. The van der Waals surface area contributed by atoms with Crippen molar-refractivity contribution in [2.45, 2.75) is 18.9 Å². The molecule has 1 amide bonds. The van der Waals surface area contributed by atoms with Gasteiger partial charge in [-0.15, -0.1) is 0 Å². The molecule has 2 N–H and O–H groups in total. The molecule has 1 aliphatic rings. The van der Waals surface area contributed by atoms with Crippen molar-refractivity contribution in [1.82, 2.24) is 15.2 Å². The van der Waals surface area contributed by atoms with Crippen LogP contribution in [0.25, 0.3) is 0 Å². The Morgan fingerprint density at radius 1 is 1.50 bits per heavy atom. The number of carbonyl (C=O) groups is 1. The number of aliphatic hydroxyl groups is 1. The Morgan fingerprint density at radius 2 is 2.25 bits per heavy atom. The maximum atomic E-state index is 12.2. The van der Waals surface area contributed by atoms with Crippen molar-refractivity contribution in [3.8, 4) is 11.8 Å². The molecule has 0 aromatic carbocycles. The van der Waals surface area contributed by atoms with Crippen LogP contribution in [0.3, 0.4) is 0 Å². The Balaban J connectivity index is 1.98. The maximum absolute atomic E-state index is 12.2. The van der Waals surface area contributed by atoms with Gasteiger partial charge < -0.3 is 15.3 Å². The molecule has 0 radical (unpaired) electrons. The van der Waals surface area contributed by atoms with E-state index in [0.29, 0.717) is 11.1 Å². The van der Waals surface area contributed by atoms with Gasteiger partial charge >= 0.3 is 0 Å². The SMILES string of the molecule is CN1CCC(NC(=O)c2cncc(C#CCO)c2)CC1. The number of aliphatic hydroxyl groups excluding tert-OH is 1. The molecule has 106 valence electrons. The smallest absolute Gasteiger partial charge is 0.253 e. The third-order valence-corrected chi connectivity index (χ3v) is 3.37. The van der Waals surface area contributed by atoms with Crippen molar-refractivity contribution in [1.29, 1.82) is 0 Å². The second kappa shape index (κ2) is 7.04. The normalized spacial score (nSPS) is 16.3. The first-order chi connectivity index (χ1) is 9.69. The van der Waals surface area contributed by atoms with Crippen LogP contribution in [-0.4, -0.2) is 53.7 Å². The molecule has 0 spiro atoms. The van der Waals surface area contributed by atoms with E-state index in [9.17, 15) is 4.79 Å². The summed E-state index contributed by atoms with van der Waals surface area (Å²) in [6.07, 6.45) is 5.06. The number of hydrogen-bond acceptors (Lipinski definition) is 4. The van der Waals surface area contributed by atoms with Gasteiger partial charge in [-0.1, -0.05) is 11.8 Å². The zero-order chi connectivity index (χ0) is 14.4. The molecule has 5 heteroatoms. The van der Waals surface area contributed by atoms with Crippen LogP contribution in [0.2, 0.25) is 0 Å². The van der Waals surface area contributed by atoms with Gasteiger partial charge in [0.2, 0.25) is 0 Å². The van der Waals surface area contributed by atoms with E-state index in [4.69, 9.17) is 5.11 Å². The molecular formula is C15H19N3O2. The molecule has 1 fully saturated rings. The first-order valence-corrected chi connectivity index (χ1v) is 6.73. The van der Waals surface area contributed by atoms with Gasteiger partial charge in [0, 0.05) is 24.0 Å². The van der Waals surface area contributed by atoms with Gasteiger partial charge in [0.05, 0.1) is 5.56 Å². The first-order valence-electron chi connectivity index (χ1n) is 6.73. The molecule has 1 aromatic heterocycles. The van der Waals surface area contributed by atoms with Crippen LogP contribution in [0.5, 0.6) is 0 Å². The molecule has 0 aliphatic carbocycles. The van der Waals surface area contributed by atoms with Gasteiger partial charge in [-0.2, -0.15) is 0 Å². The molecule has 0 unspecified atom stereocenters. The van der Waals surface area contributed by atoms with E-state index < -0.39 is 0 Å². The summed E-state index contributed by atoms with van der Waals surface area (Å²) in [6, 6.07) is 1.92. The van der Waals surface area contributed by atoms with E-state index in [1.54, 1.807) is 12.3 Å². The molecular weight excluding hydrogens is 254 g/mol. The van der Waals surface area contributed by atoms with E-state index in [0.717, 1.165) is 25.9 Å². The average Bonchev–Trinajstić information content (AvgIpc) is 2.48. The quantitative estimate of drug-likeness (QED) is 0.758. The van der Waals surface area contributed by atoms with Crippen LogP contribution < -0.4 is 5.32 Å². The number of nitrogens with zero attached hydrogens (tertiary/aromatic N) is 2. The fourth-order valence-corrected chi connectivity index (χ4v) is 2.20. The van der Waals surface area contributed by atoms with Crippen LogP contribution in [0.4, 0.5) is 0 Å². The molecule has 1 aromatic rings. The van der Waals surface area contributed by atoms with Gasteiger partial charge in [0.15, 0.2) is 0 Å². The first kappa shape index (κ1) is 14.5. The Bertz CT molecular complexity index is 525. The lowest BCUT2D eigenvalue weighted by Crippen LogP contribution is -2.43. The summed E-state index contributed by atoms with van der Waals surface area (Å²) in [5.74, 6) is 5.18. The zero-order valence-corrected chi connectivity index (χ0v) is 11.6. The minimum atomic E-state index is -0.202. The molecule has 2 rings (SSSR count). The Hall–Kier alpha value is -1.90. The fourth-order valence-electron chi connectivity index (χ4n) is 2.20. The molecule has 0 saturated carbocycles. The van der Waals surface area contributed by atoms with Crippen LogP contribution in [-0.2, 0) is 0 Å². The van der Waals surface area contributed by atoms with Crippen LogP contribution in [0, 0.1) is 11.8 Å². The molecule has 20 heavy (non-hydrogen) atoms. The summed E-state index contributed by atoms with van der Waals surface area (Å²) in [5.41, 5.74) is 1.14. The van der Waals surface area contributed by atoms with Crippen LogP contribution >= 0.6 is 0 Å². The maximum Gasteiger partial charge on any atom is 0.253 e. The summed E-state index contributed by atoms with van der Waals surface area (Å²) in [7, 11) is 2.09. The molecule has 1 saturated heterocycles. The predicted molar refractivity (Wildman–Crippen MR) is 76.2 cm³/mol. The van der Waals surface area contributed by atoms with Crippen molar-refractivity contribution in [3.63, 3.8) is 0 Å². The second-order valence-electron chi connectivity index (χ2n) is 4.97. The van der Waals surface area contributed by atoms with Crippen molar-refractivity contribution in [2.24, 2.45) is 0 Å². The van der Waals surface area contributed by atoms with Crippen LogP contribution in [0.15, 0.2) is 18.5 Å². The third kappa shape index (κ3) is 4.05. The number of likely N-dealkylation sites (tertiary alicyclic amines) is 1. The van der Waals surface area contributed by atoms with Gasteiger partial charge in [0.1, 0.15) is 6.61 Å². The Labute approximate surface area is 119 Å². The lowest BCUT2D eigenvalue weighted by molar-refractivity contribution is 0.0916. The number of amides is 1.